The fraction of sp³-hybridized carbons (Fsp3) is 0.435. The molecule has 1 atom stereocenters. The molecule has 142 valence electrons. The van der Waals surface area contributed by atoms with E-state index >= 15 is 0 Å². The molecule has 4 rings (SSSR count). The monoisotopic (exact) mass is 365 g/mol. The van der Waals surface area contributed by atoms with Crippen molar-refractivity contribution in [3.05, 3.63) is 53.6 Å². The molecule has 0 spiro atoms. The third-order valence-corrected chi connectivity index (χ3v) is 5.68. The van der Waals surface area contributed by atoms with Gasteiger partial charge < -0.3 is 14.7 Å². The second kappa shape index (κ2) is 8.03. The summed E-state index contributed by atoms with van der Waals surface area (Å²) in [6.45, 7) is 1.58. The van der Waals surface area contributed by atoms with Gasteiger partial charge in [0.1, 0.15) is 11.5 Å². The van der Waals surface area contributed by atoms with Gasteiger partial charge in [0.15, 0.2) is 5.78 Å². The summed E-state index contributed by atoms with van der Waals surface area (Å²) in [6, 6.07) is 14.4. The largest absolute Gasteiger partial charge is 0.507 e. The van der Waals surface area contributed by atoms with E-state index in [-0.39, 0.29) is 17.6 Å². The Bertz CT molecular complexity index is 803. The van der Waals surface area contributed by atoms with Crippen molar-refractivity contribution in [1.82, 2.24) is 0 Å². The lowest BCUT2D eigenvalue weighted by atomic mass is 9.94. The lowest BCUT2D eigenvalue weighted by Crippen LogP contribution is -2.36. The summed E-state index contributed by atoms with van der Waals surface area (Å²) in [6.07, 6.45) is 7.01. The van der Waals surface area contributed by atoms with Crippen molar-refractivity contribution >= 4 is 11.5 Å². The molecule has 1 saturated heterocycles. The molecule has 2 heterocycles. The highest BCUT2D eigenvalue weighted by molar-refractivity contribution is 6.06. The number of carbonyl (C=O) groups excluding carboxylic acids is 1. The van der Waals surface area contributed by atoms with Gasteiger partial charge in [-0.25, -0.2) is 0 Å². The molecule has 2 aliphatic rings. The topological polar surface area (TPSA) is 49.8 Å². The number of unbranched alkanes of at least 4 members (excludes halogenated alkanes) is 2. The molecule has 1 fully saturated rings. The quantitative estimate of drug-likeness (QED) is 0.720. The highest BCUT2D eigenvalue weighted by Gasteiger charge is 2.36. The number of hydrogen-bond acceptors (Lipinski definition) is 4. The normalized spacial score (nSPS) is 18.3. The molecule has 27 heavy (non-hydrogen) atoms. The maximum absolute atomic E-state index is 12.4. The van der Waals surface area contributed by atoms with Gasteiger partial charge in [-0.2, -0.15) is 0 Å². The zero-order valence-corrected chi connectivity index (χ0v) is 15.7. The Balaban J connectivity index is 1.31. The standard InChI is InChI=1S/C23H27NO3/c25-21-14-18-11-7-12-24(18)20-15-19(16-22(26)23(20)21)27-13-6-2-5-10-17-8-3-1-4-9-17/h1,3-4,8-9,15-16,18,26H,2,5-7,10-14H2. The van der Waals surface area contributed by atoms with Crippen LogP contribution in [0.25, 0.3) is 0 Å². The minimum Gasteiger partial charge on any atom is -0.507 e. The Morgan fingerprint density at radius 2 is 1.96 bits per heavy atom. The van der Waals surface area contributed by atoms with Crippen LogP contribution in [0.4, 0.5) is 5.69 Å². The van der Waals surface area contributed by atoms with Crippen molar-refractivity contribution in [2.75, 3.05) is 18.1 Å². The lowest BCUT2D eigenvalue weighted by molar-refractivity contribution is 0.0966. The predicted octanol–water partition coefficient (Wildman–Crippen LogP) is 4.74. The second-order valence-electron chi connectivity index (χ2n) is 7.60. The van der Waals surface area contributed by atoms with Gasteiger partial charge in [-0.05, 0) is 44.1 Å². The fourth-order valence-electron chi connectivity index (χ4n) is 4.31. The van der Waals surface area contributed by atoms with Crippen LogP contribution in [0.3, 0.4) is 0 Å². The van der Waals surface area contributed by atoms with Gasteiger partial charge in [-0.3, -0.25) is 4.79 Å². The average molecular weight is 365 g/mol. The Morgan fingerprint density at radius 1 is 1.11 bits per heavy atom. The van der Waals surface area contributed by atoms with E-state index in [1.165, 1.54) is 5.56 Å². The van der Waals surface area contributed by atoms with Crippen LogP contribution in [-0.2, 0) is 6.42 Å². The molecule has 0 bridgehead atoms. The zero-order valence-electron chi connectivity index (χ0n) is 15.7. The molecule has 1 N–H and O–H groups in total. The number of fused-ring (bicyclic) bond motifs is 3. The number of carbonyl (C=O) groups is 1. The van der Waals surface area contributed by atoms with Gasteiger partial charge in [-0.15, -0.1) is 0 Å². The van der Waals surface area contributed by atoms with E-state index in [1.807, 2.05) is 12.1 Å². The predicted molar refractivity (Wildman–Crippen MR) is 107 cm³/mol. The average Bonchev–Trinajstić information content (AvgIpc) is 3.13. The molecule has 4 nitrogen and oxygen atoms in total. The van der Waals surface area contributed by atoms with Crippen molar-refractivity contribution in [1.29, 1.82) is 0 Å². The number of phenols is 1. The Hall–Kier alpha value is -2.49. The maximum Gasteiger partial charge on any atom is 0.170 e. The number of aromatic hydroxyl groups is 1. The molecule has 2 aromatic rings. The molecule has 2 aliphatic heterocycles. The first kappa shape index (κ1) is 17.9. The van der Waals surface area contributed by atoms with E-state index in [0.717, 1.165) is 50.8 Å². The minimum absolute atomic E-state index is 0.0538. The third kappa shape index (κ3) is 3.95. The maximum atomic E-state index is 12.4. The van der Waals surface area contributed by atoms with Crippen LogP contribution in [0, 0.1) is 0 Å². The molecule has 0 amide bonds. The molecule has 0 radical (unpaired) electrons. The smallest absolute Gasteiger partial charge is 0.170 e. The van der Waals surface area contributed by atoms with Crippen molar-refractivity contribution in [3.8, 4) is 11.5 Å². The fourth-order valence-corrected chi connectivity index (χ4v) is 4.31. The molecule has 0 aromatic heterocycles. The molecule has 0 aliphatic carbocycles. The van der Waals surface area contributed by atoms with Crippen LogP contribution in [0.15, 0.2) is 42.5 Å². The van der Waals surface area contributed by atoms with E-state index in [4.69, 9.17) is 4.74 Å². The molecule has 1 unspecified atom stereocenters. The number of anilines is 1. The van der Waals surface area contributed by atoms with Crippen LogP contribution in [0.5, 0.6) is 11.5 Å². The number of hydrogen-bond donors (Lipinski definition) is 1. The molecule has 4 heteroatoms. The number of ether oxygens (including phenoxy) is 1. The first-order valence-corrected chi connectivity index (χ1v) is 10.1. The molecule has 2 aromatic carbocycles. The molecular formula is C23H27NO3. The van der Waals surface area contributed by atoms with Crippen LogP contribution < -0.4 is 9.64 Å². The number of rotatable bonds is 7. The van der Waals surface area contributed by atoms with Gasteiger partial charge in [0.25, 0.3) is 0 Å². The zero-order chi connectivity index (χ0) is 18.6. The minimum atomic E-state index is 0.0538. The van der Waals surface area contributed by atoms with E-state index in [9.17, 15) is 9.90 Å². The highest BCUT2D eigenvalue weighted by Crippen LogP contribution is 2.42. The van der Waals surface area contributed by atoms with Crippen LogP contribution >= 0.6 is 0 Å². The number of nitrogens with zero attached hydrogens (tertiary/aromatic N) is 1. The lowest BCUT2D eigenvalue weighted by Gasteiger charge is -2.33. The summed E-state index contributed by atoms with van der Waals surface area (Å²) in [5.74, 6) is 0.773. The number of aryl methyl sites for hydroxylation is 1. The van der Waals surface area contributed by atoms with Crippen molar-refractivity contribution in [2.24, 2.45) is 0 Å². The molecule has 0 saturated carbocycles. The number of phenolic OH excluding ortho intramolecular Hbond substituents is 1. The Labute approximate surface area is 160 Å². The number of ketones is 1. The summed E-state index contributed by atoms with van der Waals surface area (Å²) < 4.78 is 5.89. The van der Waals surface area contributed by atoms with Gasteiger partial charge in [-0.1, -0.05) is 30.3 Å². The molecular weight excluding hydrogens is 338 g/mol. The van der Waals surface area contributed by atoms with Gasteiger partial charge in [0, 0.05) is 31.1 Å². The Morgan fingerprint density at radius 3 is 2.81 bits per heavy atom. The summed E-state index contributed by atoms with van der Waals surface area (Å²) in [5, 5.41) is 10.4. The second-order valence-corrected chi connectivity index (χ2v) is 7.60. The van der Waals surface area contributed by atoms with Crippen LogP contribution in [0.2, 0.25) is 0 Å². The van der Waals surface area contributed by atoms with E-state index < -0.39 is 0 Å². The highest BCUT2D eigenvalue weighted by atomic mass is 16.5. The van der Waals surface area contributed by atoms with E-state index in [0.29, 0.717) is 24.3 Å². The summed E-state index contributed by atoms with van der Waals surface area (Å²) >= 11 is 0. The van der Waals surface area contributed by atoms with Crippen molar-refractivity contribution in [3.63, 3.8) is 0 Å². The third-order valence-electron chi connectivity index (χ3n) is 5.68. The van der Waals surface area contributed by atoms with Crippen molar-refractivity contribution in [2.45, 2.75) is 51.0 Å². The van der Waals surface area contributed by atoms with Gasteiger partial charge >= 0.3 is 0 Å². The van der Waals surface area contributed by atoms with Gasteiger partial charge in [0.2, 0.25) is 0 Å². The summed E-state index contributed by atoms with van der Waals surface area (Å²) in [7, 11) is 0. The number of Topliss-reactive ketones (excluding diaryl/α,β-unsaturated/α-hetero) is 1. The first-order chi connectivity index (χ1) is 13.2. The van der Waals surface area contributed by atoms with Crippen molar-refractivity contribution < 1.29 is 14.6 Å². The van der Waals surface area contributed by atoms with Crippen LogP contribution in [-0.4, -0.2) is 30.1 Å². The van der Waals surface area contributed by atoms with E-state index in [1.54, 1.807) is 6.07 Å². The van der Waals surface area contributed by atoms with Gasteiger partial charge in [0.05, 0.1) is 17.9 Å². The van der Waals surface area contributed by atoms with Crippen LogP contribution in [0.1, 0.15) is 54.4 Å². The SMILES string of the molecule is O=C1CC2CCCN2c2cc(OCCCCCc3ccccc3)cc(O)c21. The first-order valence-electron chi connectivity index (χ1n) is 10.1. The van der Waals surface area contributed by atoms with E-state index in [2.05, 4.69) is 29.2 Å². The Kier molecular flexibility index (Phi) is 5.33. The number of benzene rings is 2. The summed E-state index contributed by atoms with van der Waals surface area (Å²) in [5.41, 5.74) is 2.71. The summed E-state index contributed by atoms with van der Waals surface area (Å²) in [4.78, 5) is 14.6.